The first-order valence-electron chi connectivity index (χ1n) is 13.1. The molecule has 1 aliphatic rings. The quantitative estimate of drug-likeness (QED) is 0.350. The van der Waals surface area contributed by atoms with Gasteiger partial charge in [0.2, 0.25) is 0 Å². The van der Waals surface area contributed by atoms with E-state index in [1.165, 1.54) is 11.1 Å². The van der Waals surface area contributed by atoms with Gasteiger partial charge in [-0.25, -0.2) is 0 Å². The highest BCUT2D eigenvalue weighted by Gasteiger charge is 2.34. The molecule has 2 N–H and O–H groups in total. The van der Waals surface area contributed by atoms with Crippen molar-refractivity contribution in [1.29, 1.82) is 0 Å². The Balaban J connectivity index is 1.29. The molecule has 6 nitrogen and oxygen atoms in total. The summed E-state index contributed by atoms with van der Waals surface area (Å²) >= 11 is 0. The number of carboxylic acids is 1. The smallest absolute Gasteiger partial charge is 0.308 e. The van der Waals surface area contributed by atoms with Crippen molar-refractivity contribution >= 4 is 16.9 Å². The summed E-state index contributed by atoms with van der Waals surface area (Å²) in [5, 5.41) is 21.8. The lowest BCUT2D eigenvalue weighted by Crippen LogP contribution is -2.44. The minimum Gasteiger partial charge on any atom is -0.497 e. The zero-order valence-electron chi connectivity index (χ0n) is 21.4. The maximum atomic E-state index is 12.1. The molecular formula is C30H38N2O4. The van der Waals surface area contributed by atoms with E-state index in [9.17, 15) is 15.0 Å². The third kappa shape index (κ3) is 6.62. The Morgan fingerprint density at radius 2 is 1.97 bits per heavy atom. The van der Waals surface area contributed by atoms with E-state index in [2.05, 4.69) is 41.1 Å². The molecule has 0 unspecified atom stereocenters. The number of fused-ring (bicyclic) bond motifs is 1. The number of benzene rings is 2. The lowest BCUT2D eigenvalue weighted by atomic mass is 9.81. The molecule has 1 saturated heterocycles. The Labute approximate surface area is 213 Å². The molecule has 0 saturated carbocycles. The summed E-state index contributed by atoms with van der Waals surface area (Å²) < 4.78 is 5.35. The predicted octanol–water partition coefficient (Wildman–Crippen LogP) is 5.41. The fraction of sp³-hybridized carbons (Fsp3) is 0.467. The zero-order valence-corrected chi connectivity index (χ0v) is 21.4. The van der Waals surface area contributed by atoms with Gasteiger partial charge in [0.25, 0.3) is 0 Å². The number of hydrogen-bond donors (Lipinski definition) is 2. The van der Waals surface area contributed by atoms with Crippen LogP contribution in [0, 0.1) is 18.8 Å². The lowest BCUT2D eigenvalue weighted by molar-refractivity contribution is -0.146. The molecule has 1 aliphatic heterocycles. The van der Waals surface area contributed by atoms with E-state index in [4.69, 9.17) is 4.74 Å². The zero-order chi connectivity index (χ0) is 25.5. The van der Waals surface area contributed by atoms with Crippen LogP contribution >= 0.6 is 0 Å². The number of aromatic nitrogens is 1. The second-order valence-corrected chi connectivity index (χ2v) is 10.1. The average molecular weight is 491 g/mol. The van der Waals surface area contributed by atoms with Gasteiger partial charge in [0.05, 0.1) is 24.6 Å². The Kier molecular flexibility index (Phi) is 8.94. The van der Waals surface area contributed by atoms with Crippen LogP contribution in [-0.2, 0) is 11.2 Å². The molecule has 3 aromatic rings. The van der Waals surface area contributed by atoms with Gasteiger partial charge in [0.1, 0.15) is 5.75 Å². The van der Waals surface area contributed by atoms with Crippen LogP contribution in [-0.4, -0.2) is 52.8 Å². The Morgan fingerprint density at radius 3 is 2.72 bits per heavy atom. The van der Waals surface area contributed by atoms with Crippen molar-refractivity contribution in [3.8, 4) is 5.75 Å². The predicted molar refractivity (Wildman–Crippen MR) is 142 cm³/mol. The first kappa shape index (κ1) is 26.1. The monoisotopic (exact) mass is 490 g/mol. The molecule has 192 valence electrons. The number of aliphatic hydroxyl groups excluding tert-OH is 1. The molecule has 0 amide bonds. The number of unbranched alkanes of at least 4 members (excludes halogenated alkanes) is 1. The highest BCUT2D eigenvalue weighted by Crippen LogP contribution is 2.33. The van der Waals surface area contributed by atoms with Crippen LogP contribution < -0.4 is 4.74 Å². The van der Waals surface area contributed by atoms with E-state index in [-0.39, 0.29) is 5.92 Å². The van der Waals surface area contributed by atoms with Crippen molar-refractivity contribution < 1.29 is 19.7 Å². The van der Waals surface area contributed by atoms with Crippen LogP contribution in [0.1, 0.15) is 54.9 Å². The van der Waals surface area contributed by atoms with Gasteiger partial charge in [-0.05, 0) is 99.8 Å². The summed E-state index contributed by atoms with van der Waals surface area (Å²) in [6.07, 6.45) is 6.36. The van der Waals surface area contributed by atoms with Crippen molar-refractivity contribution in [2.24, 2.45) is 11.8 Å². The third-order valence-electron chi connectivity index (χ3n) is 7.62. The molecule has 0 aliphatic carbocycles. The Hall–Kier alpha value is -2.96. The second kappa shape index (κ2) is 12.3. The Morgan fingerprint density at radius 1 is 1.17 bits per heavy atom. The van der Waals surface area contributed by atoms with Gasteiger partial charge in [-0.15, -0.1) is 0 Å². The van der Waals surface area contributed by atoms with Gasteiger partial charge >= 0.3 is 5.97 Å². The van der Waals surface area contributed by atoms with E-state index in [0.29, 0.717) is 19.4 Å². The lowest BCUT2D eigenvalue weighted by Gasteiger charge is -2.37. The van der Waals surface area contributed by atoms with E-state index >= 15 is 0 Å². The van der Waals surface area contributed by atoms with Crippen LogP contribution in [0.4, 0.5) is 0 Å². The minimum absolute atomic E-state index is 0.0728. The van der Waals surface area contributed by atoms with Crippen LogP contribution in [0.15, 0.2) is 54.7 Å². The second-order valence-electron chi connectivity index (χ2n) is 10.1. The number of ether oxygens (including phenoxy) is 1. The number of carbonyl (C=O) groups is 1. The number of aryl methyl sites for hydroxylation is 2. The summed E-state index contributed by atoms with van der Waals surface area (Å²) in [5.41, 5.74) is 4.27. The normalized spacial score (nSPS) is 19.3. The SMILES string of the molecule is COc1ccc2nccc([C@@H](O)CC[C@@H]3CCN(CCCCc4ccc(C)cc4)C[C@@H]3C(=O)O)c2c1. The largest absolute Gasteiger partial charge is 0.497 e. The molecule has 0 bridgehead atoms. The van der Waals surface area contributed by atoms with E-state index in [0.717, 1.165) is 61.0 Å². The van der Waals surface area contributed by atoms with Crippen molar-refractivity contribution in [3.05, 3.63) is 71.4 Å². The molecule has 6 heteroatoms. The maximum Gasteiger partial charge on any atom is 0.308 e. The van der Waals surface area contributed by atoms with Crippen molar-refractivity contribution in [3.63, 3.8) is 0 Å². The van der Waals surface area contributed by atoms with Gasteiger partial charge in [-0.3, -0.25) is 9.78 Å². The molecule has 4 rings (SSSR count). The first-order chi connectivity index (χ1) is 17.4. The van der Waals surface area contributed by atoms with E-state index in [1.807, 2.05) is 24.3 Å². The van der Waals surface area contributed by atoms with Crippen LogP contribution in [0.5, 0.6) is 5.75 Å². The number of piperidine rings is 1. The number of pyridine rings is 1. The molecule has 0 spiro atoms. The molecule has 2 heterocycles. The summed E-state index contributed by atoms with van der Waals surface area (Å²) in [6.45, 7) is 4.56. The third-order valence-corrected chi connectivity index (χ3v) is 7.62. The van der Waals surface area contributed by atoms with Gasteiger partial charge in [-0.1, -0.05) is 29.8 Å². The molecule has 2 aromatic carbocycles. The highest BCUT2D eigenvalue weighted by molar-refractivity contribution is 5.83. The minimum atomic E-state index is -0.724. The van der Waals surface area contributed by atoms with E-state index < -0.39 is 18.0 Å². The highest BCUT2D eigenvalue weighted by atomic mass is 16.5. The van der Waals surface area contributed by atoms with Crippen LogP contribution in [0.2, 0.25) is 0 Å². The van der Waals surface area contributed by atoms with Gasteiger partial charge in [0, 0.05) is 18.1 Å². The van der Waals surface area contributed by atoms with Crippen LogP contribution in [0.25, 0.3) is 10.9 Å². The van der Waals surface area contributed by atoms with Crippen LogP contribution in [0.3, 0.4) is 0 Å². The molecule has 1 aromatic heterocycles. The molecule has 3 atom stereocenters. The number of carboxylic acid groups (broad SMARTS) is 1. The van der Waals surface area contributed by atoms with Gasteiger partial charge in [0.15, 0.2) is 0 Å². The molecule has 36 heavy (non-hydrogen) atoms. The number of aliphatic carboxylic acids is 1. The number of aliphatic hydroxyl groups is 1. The topological polar surface area (TPSA) is 82.9 Å². The molecule has 1 fully saturated rings. The van der Waals surface area contributed by atoms with Gasteiger partial charge < -0.3 is 19.8 Å². The Bertz CT molecular complexity index is 1150. The van der Waals surface area contributed by atoms with E-state index in [1.54, 1.807) is 13.3 Å². The summed E-state index contributed by atoms with van der Waals surface area (Å²) in [7, 11) is 1.62. The van der Waals surface area contributed by atoms with Crippen molar-refractivity contribution in [1.82, 2.24) is 9.88 Å². The number of nitrogens with zero attached hydrogens (tertiary/aromatic N) is 2. The summed E-state index contributed by atoms with van der Waals surface area (Å²) in [6, 6.07) is 16.2. The number of rotatable bonds is 11. The fourth-order valence-corrected chi connectivity index (χ4v) is 5.41. The number of likely N-dealkylation sites (tertiary alicyclic amines) is 1. The number of methoxy groups -OCH3 is 1. The maximum absolute atomic E-state index is 12.1. The molecule has 0 radical (unpaired) electrons. The average Bonchev–Trinajstić information content (AvgIpc) is 2.90. The summed E-state index contributed by atoms with van der Waals surface area (Å²) in [4.78, 5) is 18.8. The fourth-order valence-electron chi connectivity index (χ4n) is 5.41. The van der Waals surface area contributed by atoms with Crippen molar-refractivity contribution in [2.75, 3.05) is 26.7 Å². The first-order valence-corrected chi connectivity index (χ1v) is 13.1. The van der Waals surface area contributed by atoms with Crippen molar-refractivity contribution in [2.45, 2.75) is 51.6 Å². The number of hydrogen-bond acceptors (Lipinski definition) is 5. The summed E-state index contributed by atoms with van der Waals surface area (Å²) in [5.74, 6) is -0.319. The van der Waals surface area contributed by atoms with Gasteiger partial charge in [-0.2, -0.15) is 0 Å². The standard InChI is InChI=1S/C30H38N2O4/c1-21-6-8-22(9-7-21)5-3-4-17-32-18-15-23(27(20-32)30(34)35)10-13-29(33)25-14-16-31-28-12-11-24(36-2)19-26(25)28/h6-9,11-12,14,16,19,23,27,29,33H,3-5,10,13,15,17-18,20H2,1-2H3,(H,34,35)/t23-,27+,29+/m1/s1. The molecular weight excluding hydrogens is 452 g/mol.